The molecule has 1 fully saturated rings. The Morgan fingerprint density at radius 3 is 2.34 bits per heavy atom. The summed E-state index contributed by atoms with van der Waals surface area (Å²) in [5, 5.41) is 4.25. The molecule has 1 atom stereocenters. The van der Waals surface area contributed by atoms with Crippen molar-refractivity contribution in [1.82, 2.24) is 4.90 Å². The highest BCUT2D eigenvalue weighted by atomic mass is 35.5. The first kappa shape index (κ1) is 27.7. The molecule has 3 aromatic rings. The lowest BCUT2D eigenvalue weighted by Crippen LogP contribution is -2.39. The number of benzene rings is 3. The number of nitrogens with one attached hydrogen (secondary N) is 1. The van der Waals surface area contributed by atoms with Crippen molar-refractivity contribution in [1.29, 1.82) is 0 Å². The first-order chi connectivity index (χ1) is 18.3. The van der Waals surface area contributed by atoms with Gasteiger partial charge < -0.3 is 19.7 Å². The fourth-order valence-corrected chi connectivity index (χ4v) is 5.13. The highest BCUT2D eigenvalue weighted by Crippen LogP contribution is 2.30. The summed E-state index contributed by atoms with van der Waals surface area (Å²) in [5.74, 6) is 0.793. The molecule has 10 heteroatoms. The van der Waals surface area contributed by atoms with Crippen LogP contribution in [0.4, 0.5) is 11.4 Å². The number of amides is 2. The number of methoxy groups -OCH3 is 1. The van der Waals surface area contributed by atoms with Crippen molar-refractivity contribution in [2.24, 2.45) is 0 Å². The van der Waals surface area contributed by atoms with Gasteiger partial charge in [0.1, 0.15) is 17.5 Å². The van der Waals surface area contributed by atoms with Gasteiger partial charge in [-0.15, -0.1) is 0 Å². The zero-order valence-corrected chi connectivity index (χ0v) is 23.3. The lowest BCUT2D eigenvalue weighted by atomic mass is 10.1. The molecule has 1 saturated heterocycles. The molecule has 0 saturated carbocycles. The van der Waals surface area contributed by atoms with E-state index in [9.17, 15) is 9.59 Å². The number of anilines is 2. The molecule has 0 aromatic heterocycles. The van der Waals surface area contributed by atoms with E-state index in [0.717, 1.165) is 5.56 Å². The minimum absolute atomic E-state index is 0.0765. The fourth-order valence-electron chi connectivity index (χ4n) is 4.21. The standard InChI is InChI=1S/C28H27Cl2N3O4S/c1-3-37-23-12-8-21(9-13-23)33-27(35)25(17-26(34)31-20-6-10-22(36-2)11-7-20)32(28(33)38)15-14-18-4-5-19(29)16-24(18)30/h4-13,16,25H,3,14-15,17H2,1-2H3,(H,31,34). The second kappa shape index (κ2) is 12.5. The molecule has 0 bridgehead atoms. The third kappa shape index (κ3) is 6.38. The van der Waals surface area contributed by atoms with E-state index in [-0.39, 0.29) is 18.2 Å². The van der Waals surface area contributed by atoms with Crippen molar-refractivity contribution >= 4 is 63.7 Å². The Morgan fingerprint density at radius 2 is 1.71 bits per heavy atom. The number of hydrogen-bond donors (Lipinski definition) is 1. The van der Waals surface area contributed by atoms with Crippen LogP contribution < -0.4 is 19.7 Å². The Hall–Kier alpha value is -3.33. The van der Waals surface area contributed by atoms with E-state index in [2.05, 4.69) is 5.32 Å². The molecule has 1 unspecified atom stereocenters. The van der Waals surface area contributed by atoms with Crippen LogP contribution in [0.3, 0.4) is 0 Å². The lowest BCUT2D eigenvalue weighted by molar-refractivity contribution is -0.124. The molecule has 0 aliphatic carbocycles. The van der Waals surface area contributed by atoms with Gasteiger partial charge in [0.05, 0.1) is 25.8 Å². The van der Waals surface area contributed by atoms with Gasteiger partial charge in [-0.25, -0.2) is 0 Å². The summed E-state index contributed by atoms with van der Waals surface area (Å²) in [6.07, 6.45) is 0.435. The van der Waals surface area contributed by atoms with Crippen molar-refractivity contribution in [3.8, 4) is 11.5 Å². The summed E-state index contributed by atoms with van der Waals surface area (Å²) in [6, 6.07) is 18.6. The Morgan fingerprint density at radius 1 is 1.03 bits per heavy atom. The maximum atomic E-state index is 13.7. The Bertz CT molecular complexity index is 1320. The molecule has 1 aliphatic heterocycles. The number of carbonyl (C=O) groups is 2. The Kier molecular flexibility index (Phi) is 9.09. The smallest absolute Gasteiger partial charge is 0.256 e. The van der Waals surface area contributed by atoms with E-state index < -0.39 is 6.04 Å². The highest BCUT2D eigenvalue weighted by Gasteiger charge is 2.44. The maximum Gasteiger partial charge on any atom is 0.256 e. The average molecular weight is 573 g/mol. The second-order valence-electron chi connectivity index (χ2n) is 8.56. The van der Waals surface area contributed by atoms with Gasteiger partial charge >= 0.3 is 0 Å². The minimum atomic E-state index is -0.779. The van der Waals surface area contributed by atoms with E-state index in [0.29, 0.717) is 57.6 Å². The molecule has 1 aliphatic rings. The summed E-state index contributed by atoms with van der Waals surface area (Å²) < 4.78 is 10.7. The van der Waals surface area contributed by atoms with Crippen LogP contribution in [0.1, 0.15) is 18.9 Å². The maximum absolute atomic E-state index is 13.7. The van der Waals surface area contributed by atoms with Gasteiger partial charge in [0, 0.05) is 22.3 Å². The van der Waals surface area contributed by atoms with E-state index in [1.165, 1.54) is 4.90 Å². The van der Waals surface area contributed by atoms with Crippen LogP contribution in [0, 0.1) is 0 Å². The first-order valence-corrected chi connectivity index (χ1v) is 13.2. The molecular formula is C28H27Cl2N3O4S. The van der Waals surface area contributed by atoms with Crippen molar-refractivity contribution in [2.75, 3.05) is 30.5 Å². The van der Waals surface area contributed by atoms with Gasteiger partial charge in [-0.2, -0.15) is 0 Å². The Balaban J connectivity index is 1.55. The molecule has 1 heterocycles. The van der Waals surface area contributed by atoms with Gasteiger partial charge in [0.25, 0.3) is 5.91 Å². The molecule has 38 heavy (non-hydrogen) atoms. The number of rotatable bonds is 10. The van der Waals surface area contributed by atoms with Gasteiger partial charge in [-0.1, -0.05) is 29.3 Å². The largest absolute Gasteiger partial charge is 0.497 e. The lowest BCUT2D eigenvalue weighted by Gasteiger charge is -2.24. The molecule has 2 amide bonds. The number of nitrogens with zero attached hydrogens (tertiary/aromatic N) is 2. The van der Waals surface area contributed by atoms with Crippen molar-refractivity contribution in [2.45, 2.75) is 25.8 Å². The van der Waals surface area contributed by atoms with Crippen LogP contribution in [0.2, 0.25) is 10.0 Å². The predicted molar refractivity (Wildman–Crippen MR) is 155 cm³/mol. The van der Waals surface area contributed by atoms with Gasteiger partial charge in [0.2, 0.25) is 5.91 Å². The number of hydrogen-bond acceptors (Lipinski definition) is 5. The van der Waals surface area contributed by atoms with E-state index in [1.807, 2.05) is 13.0 Å². The quantitative estimate of drug-likeness (QED) is 0.302. The van der Waals surface area contributed by atoms with Gasteiger partial charge in [-0.05, 0) is 91.8 Å². The summed E-state index contributed by atoms with van der Waals surface area (Å²) in [5.41, 5.74) is 2.08. The molecule has 0 radical (unpaired) electrons. The summed E-state index contributed by atoms with van der Waals surface area (Å²) >= 11 is 18.2. The molecule has 1 N–H and O–H groups in total. The van der Waals surface area contributed by atoms with Crippen LogP contribution in [-0.4, -0.2) is 48.1 Å². The Labute approximate surface area is 237 Å². The molecule has 198 valence electrons. The first-order valence-electron chi connectivity index (χ1n) is 12.1. The zero-order valence-electron chi connectivity index (χ0n) is 20.9. The average Bonchev–Trinajstić information content (AvgIpc) is 3.13. The van der Waals surface area contributed by atoms with Crippen LogP contribution in [0.15, 0.2) is 66.7 Å². The predicted octanol–water partition coefficient (Wildman–Crippen LogP) is 5.97. The summed E-state index contributed by atoms with van der Waals surface area (Å²) in [4.78, 5) is 29.9. The van der Waals surface area contributed by atoms with E-state index in [1.54, 1.807) is 72.7 Å². The number of carbonyl (C=O) groups excluding carboxylic acids is 2. The zero-order chi connectivity index (χ0) is 27.2. The molecule has 0 spiro atoms. The minimum Gasteiger partial charge on any atom is -0.497 e. The fraction of sp³-hybridized carbons (Fsp3) is 0.250. The van der Waals surface area contributed by atoms with Crippen LogP contribution in [0.25, 0.3) is 0 Å². The second-order valence-corrected chi connectivity index (χ2v) is 9.77. The third-order valence-electron chi connectivity index (χ3n) is 6.11. The number of ether oxygens (including phenoxy) is 2. The van der Waals surface area contributed by atoms with Crippen molar-refractivity contribution in [3.63, 3.8) is 0 Å². The number of halogens is 2. The summed E-state index contributed by atoms with van der Waals surface area (Å²) in [6.45, 7) is 2.83. The monoisotopic (exact) mass is 571 g/mol. The highest BCUT2D eigenvalue weighted by molar-refractivity contribution is 7.80. The van der Waals surface area contributed by atoms with Gasteiger partial charge in [-0.3, -0.25) is 14.5 Å². The molecular weight excluding hydrogens is 545 g/mol. The topological polar surface area (TPSA) is 71.1 Å². The van der Waals surface area contributed by atoms with Crippen LogP contribution in [0.5, 0.6) is 11.5 Å². The van der Waals surface area contributed by atoms with Crippen LogP contribution >= 0.6 is 35.4 Å². The van der Waals surface area contributed by atoms with E-state index in [4.69, 9.17) is 44.9 Å². The van der Waals surface area contributed by atoms with Crippen molar-refractivity contribution < 1.29 is 19.1 Å². The normalized spacial score (nSPS) is 15.1. The van der Waals surface area contributed by atoms with Crippen LogP contribution in [-0.2, 0) is 16.0 Å². The third-order valence-corrected chi connectivity index (χ3v) is 7.12. The van der Waals surface area contributed by atoms with Gasteiger partial charge in [0.15, 0.2) is 5.11 Å². The van der Waals surface area contributed by atoms with E-state index >= 15 is 0 Å². The molecule has 7 nitrogen and oxygen atoms in total. The SMILES string of the molecule is CCOc1ccc(N2C(=O)C(CC(=O)Nc3ccc(OC)cc3)N(CCc3ccc(Cl)cc3Cl)C2=S)cc1. The number of thiocarbonyl (C=S) groups is 1. The molecule has 3 aromatic carbocycles. The van der Waals surface area contributed by atoms with Crippen molar-refractivity contribution in [3.05, 3.63) is 82.3 Å². The summed E-state index contributed by atoms with van der Waals surface area (Å²) in [7, 11) is 1.57. The molecule has 4 rings (SSSR count).